The highest BCUT2D eigenvalue weighted by Crippen LogP contribution is 2.16. The van der Waals surface area contributed by atoms with Crippen LogP contribution >= 0.6 is 0 Å². The maximum atomic E-state index is 11.2. The zero-order chi connectivity index (χ0) is 10.9. The van der Waals surface area contributed by atoms with Crippen molar-refractivity contribution in [2.45, 2.75) is 20.8 Å². The van der Waals surface area contributed by atoms with Crippen molar-refractivity contribution >= 4 is 11.8 Å². The largest absolute Gasteiger partial charge is 0.478 e. The molecule has 0 aliphatic rings. The van der Waals surface area contributed by atoms with Crippen LogP contribution in [0.4, 0.5) is 0 Å². The molecule has 1 aromatic rings. The summed E-state index contributed by atoms with van der Waals surface area (Å²) in [6.07, 6.45) is 0. The number of aromatic carboxylic acids is 1. The zero-order valence-electron chi connectivity index (χ0n) is 8.42. The normalized spacial score (nSPS) is 9.93. The van der Waals surface area contributed by atoms with E-state index in [1.165, 1.54) is 13.0 Å². The number of carbonyl (C=O) groups is 2. The first-order valence-corrected chi connectivity index (χ1v) is 4.29. The number of hydrogen-bond acceptors (Lipinski definition) is 2. The fourth-order valence-corrected chi connectivity index (χ4v) is 1.43. The van der Waals surface area contributed by atoms with Gasteiger partial charge in [0.25, 0.3) is 0 Å². The molecule has 0 atom stereocenters. The van der Waals surface area contributed by atoms with Crippen molar-refractivity contribution in [2.75, 3.05) is 0 Å². The summed E-state index contributed by atoms with van der Waals surface area (Å²) in [7, 11) is 0. The average molecular weight is 192 g/mol. The third-order valence-electron chi connectivity index (χ3n) is 2.18. The minimum Gasteiger partial charge on any atom is -0.478 e. The van der Waals surface area contributed by atoms with E-state index in [2.05, 4.69) is 0 Å². The molecule has 0 heterocycles. The van der Waals surface area contributed by atoms with Gasteiger partial charge in [0, 0.05) is 5.56 Å². The number of carbonyl (C=O) groups excluding carboxylic acids is 1. The van der Waals surface area contributed by atoms with E-state index >= 15 is 0 Å². The zero-order valence-corrected chi connectivity index (χ0v) is 8.42. The minimum atomic E-state index is -0.958. The second-order valence-electron chi connectivity index (χ2n) is 3.34. The van der Waals surface area contributed by atoms with Gasteiger partial charge in [-0.25, -0.2) is 4.79 Å². The summed E-state index contributed by atoms with van der Waals surface area (Å²) in [4.78, 5) is 21.9. The number of aryl methyl sites for hydroxylation is 2. The molecule has 0 radical (unpaired) electrons. The Morgan fingerprint density at radius 3 is 1.93 bits per heavy atom. The van der Waals surface area contributed by atoms with Gasteiger partial charge >= 0.3 is 5.97 Å². The standard InChI is InChI=1S/C11H12O3/c1-6-5-10(11(13)14)7(2)4-9(6)8(3)12/h4-5H,1-3H3,(H,13,14). The Hall–Kier alpha value is -1.64. The van der Waals surface area contributed by atoms with Gasteiger partial charge in [-0.2, -0.15) is 0 Å². The number of carboxylic acid groups (broad SMARTS) is 1. The molecule has 0 aliphatic carbocycles. The predicted molar refractivity (Wildman–Crippen MR) is 52.9 cm³/mol. The van der Waals surface area contributed by atoms with Crippen LogP contribution in [0.3, 0.4) is 0 Å². The van der Waals surface area contributed by atoms with E-state index in [0.717, 1.165) is 0 Å². The molecule has 1 N–H and O–H groups in total. The van der Waals surface area contributed by atoms with Gasteiger partial charge in [0.15, 0.2) is 5.78 Å². The Morgan fingerprint density at radius 1 is 1.07 bits per heavy atom. The third kappa shape index (κ3) is 1.82. The van der Waals surface area contributed by atoms with Crippen molar-refractivity contribution in [1.29, 1.82) is 0 Å². The Balaban J connectivity index is 3.38. The second-order valence-corrected chi connectivity index (χ2v) is 3.34. The van der Waals surface area contributed by atoms with Crippen LogP contribution in [0.5, 0.6) is 0 Å². The van der Waals surface area contributed by atoms with Gasteiger partial charge in [0.1, 0.15) is 0 Å². The number of Topliss-reactive ketones (excluding diaryl/α,β-unsaturated/α-hetero) is 1. The van der Waals surface area contributed by atoms with Crippen molar-refractivity contribution in [2.24, 2.45) is 0 Å². The lowest BCUT2D eigenvalue weighted by Crippen LogP contribution is -2.04. The molecule has 0 spiro atoms. The fourth-order valence-electron chi connectivity index (χ4n) is 1.43. The molecule has 0 unspecified atom stereocenters. The molecule has 0 aromatic heterocycles. The van der Waals surface area contributed by atoms with Crippen LogP contribution in [0.2, 0.25) is 0 Å². The van der Waals surface area contributed by atoms with E-state index in [0.29, 0.717) is 16.7 Å². The smallest absolute Gasteiger partial charge is 0.335 e. The SMILES string of the molecule is CC(=O)c1cc(C)c(C(=O)O)cc1C. The molecule has 0 amide bonds. The van der Waals surface area contributed by atoms with Gasteiger partial charge in [-0.05, 0) is 44.0 Å². The highest BCUT2D eigenvalue weighted by molar-refractivity contribution is 5.98. The van der Waals surface area contributed by atoms with Crippen LogP contribution in [-0.4, -0.2) is 16.9 Å². The van der Waals surface area contributed by atoms with Crippen LogP contribution in [0.1, 0.15) is 38.8 Å². The minimum absolute atomic E-state index is 0.0393. The van der Waals surface area contributed by atoms with Crippen molar-refractivity contribution in [3.63, 3.8) is 0 Å². The Labute approximate surface area is 82.4 Å². The lowest BCUT2D eigenvalue weighted by Gasteiger charge is -2.06. The first kappa shape index (κ1) is 10.4. The second kappa shape index (κ2) is 3.62. The van der Waals surface area contributed by atoms with Gasteiger partial charge in [-0.3, -0.25) is 4.79 Å². The molecule has 3 heteroatoms. The maximum Gasteiger partial charge on any atom is 0.335 e. The van der Waals surface area contributed by atoms with Crippen LogP contribution in [-0.2, 0) is 0 Å². The molecule has 14 heavy (non-hydrogen) atoms. The van der Waals surface area contributed by atoms with Crippen LogP contribution in [0, 0.1) is 13.8 Å². The summed E-state index contributed by atoms with van der Waals surface area (Å²) < 4.78 is 0. The summed E-state index contributed by atoms with van der Waals surface area (Å²) in [6, 6.07) is 3.16. The topological polar surface area (TPSA) is 54.4 Å². The third-order valence-corrected chi connectivity index (χ3v) is 2.18. The molecule has 1 aromatic carbocycles. The average Bonchev–Trinajstić information content (AvgIpc) is 2.07. The molecule has 0 fully saturated rings. The molecule has 0 aliphatic heterocycles. The van der Waals surface area contributed by atoms with Gasteiger partial charge in [0.2, 0.25) is 0 Å². The van der Waals surface area contributed by atoms with E-state index < -0.39 is 5.97 Å². The summed E-state index contributed by atoms with van der Waals surface area (Å²) in [6.45, 7) is 4.90. The van der Waals surface area contributed by atoms with Gasteiger partial charge in [-0.1, -0.05) is 0 Å². The van der Waals surface area contributed by atoms with Crippen molar-refractivity contribution in [3.05, 3.63) is 34.4 Å². The summed E-state index contributed by atoms with van der Waals surface area (Å²) in [5.41, 5.74) is 2.17. The number of rotatable bonds is 2. The number of ketones is 1. The van der Waals surface area contributed by atoms with Gasteiger partial charge in [-0.15, -0.1) is 0 Å². The van der Waals surface area contributed by atoms with Crippen LogP contribution in [0.25, 0.3) is 0 Å². The Morgan fingerprint density at radius 2 is 1.50 bits per heavy atom. The Kier molecular flexibility index (Phi) is 2.70. The molecule has 3 nitrogen and oxygen atoms in total. The van der Waals surface area contributed by atoms with E-state index in [1.807, 2.05) is 0 Å². The molecule has 0 bridgehead atoms. The molecule has 0 saturated heterocycles. The lowest BCUT2D eigenvalue weighted by atomic mass is 9.98. The molecular formula is C11H12O3. The van der Waals surface area contributed by atoms with Crippen molar-refractivity contribution in [3.8, 4) is 0 Å². The highest BCUT2D eigenvalue weighted by atomic mass is 16.4. The number of carboxylic acids is 1. The van der Waals surface area contributed by atoms with E-state index in [-0.39, 0.29) is 11.3 Å². The fraction of sp³-hybridized carbons (Fsp3) is 0.273. The van der Waals surface area contributed by atoms with Crippen LogP contribution < -0.4 is 0 Å². The molecule has 1 rings (SSSR count). The quantitative estimate of drug-likeness (QED) is 0.731. The first-order chi connectivity index (χ1) is 6.43. The predicted octanol–water partition coefficient (Wildman–Crippen LogP) is 2.20. The number of hydrogen-bond donors (Lipinski definition) is 1. The van der Waals surface area contributed by atoms with Crippen LogP contribution in [0.15, 0.2) is 12.1 Å². The van der Waals surface area contributed by atoms with Crippen molar-refractivity contribution < 1.29 is 14.7 Å². The molecule has 74 valence electrons. The van der Waals surface area contributed by atoms with E-state index in [1.54, 1.807) is 19.9 Å². The maximum absolute atomic E-state index is 11.2. The molecular weight excluding hydrogens is 180 g/mol. The number of benzene rings is 1. The van der Waals surface area contributed by atoms with E-state index in [4.69, 9.17) is 5.11 Å². The van der Waals surface area contributed by atoms with Crippen molar-refractivity contribution in [1.82, 2.24) is 0 Å². The summed E-state index contributed by atoms with van der Waals surface area (Å²) in [5, 5.41) is 8.83. The van der Waals surface area contributed by atoms with Gasteiger partial charge in [0.05, 0.1) is 5.56 Å². The monoisotopic (exact) mass is 192 g/mol. The molecule has 0 saturated carbocycles. The van der Waals surface area contributed by atoms with E-state index in [9.17, 15) is 9.59 Å². The Bertz CT molecular complexity index is 365. The first-order valence-electron chi connectivity index (χ1n) is 4.29. The van der Waals surface area contributed by atoms with Gasteiger partial charge < -0.3 is 5.11 Å². The summed E-state index contributed by atoms with van der Waals surface area (Å²) >= 11 is 0. The summed E-state index contributed by atoms with van der Waals surface area (Å²) in [5.74, 6) is -0.997. The highest BCUT2D eigenvalue weighted by Gasteiger charge is 2.11. The lowest BCUT2D eigenvalue weighted by molar-refractivity contribution is 0.0695.